The second-order valence-corrected chi connectivity index (χ2v) is 10.1. The molecule has 2 aliphatic heterocycles. The third kappa shape index (κ3) is 5.10. The van der Waals surface area contributed by atoms with Crippen molar-refractivity contribution in [3.63, 3.8) is 0 Å². The van der Waals surface area contributed by atoms with Crippen LogP contribution >= 0.6 is 0 Å². The summed E-state index contributed by atoms with van der Waals surface area (Å²) in [5.41, 5.74) is 0. The van der Waals surface area contributed by atoms with Crippen molar-refractivity contribution in [2.75, 3.05) is 53.6 Å². The van der Waals surface area contributed by atoms with E-state index in [4.69, 9.17) is 4.74 Å². The molecule has 4 aliphatic rings. The first-order valence-electron chi connectivity index (χ1n) is 12.1. The fourth-order valence-electron chi connectivity index (χ4n) is 6.73. The first kappa shape index (κ1) is 21.0. The molecule has 2 aliphatic carbocycles. The Hall–Kier alpha value is -0.200. The molecule has 28 heavy (non-hydrogen) atoms. The maximum atomic E-state index is 5.62. The molecule has 162 valence electrons. The lowest BCUT2D eigenvalue weighted by molar-refractivity contribution is 0.0143. The number of ether oxygens (including phenoxy) is 1. The maximum absolute atomic E-state index is 5.62. The van der Waals surface area contributed by atoms with Gasteiger partial charge in [-0.3, -0.25) is 10.2 Å². The zero-order valence-corrected chi connectivity index (χ0v) is 18.4. The van der Waals surface area contributed by atoms with Crippen LogP contribution in [0.5, 0.6) is 0 Å². The van der Waals surface area contributed by atoms with E-state index in [1.165, 1.54) is 70.9 Å². The molecule has 2 N–H and O–H groups in total. The highest BCUT2D eigenvalue weighted by atomic mass is 16.5. The van der Waals surface area contributed by atoms with E-state index < -0.39 is 0 Å². The fraction of sp³-hybridized carbons (Fsp3) is 1.00. The molecule has 0 amide bonds. The van der Waals surface area contributed by atoms with Crippen LogP contribution in [0.15, 0.2) is 0 Å². The summed E-state index contributed by atoms with van der Waals surface area (Å²) in [7, 11) is 4.37. The zero-order chi connectivity index (χ0) is 19.3. The molecule has 4 rings (SSSR count). The van der Waals surface area contributed by atoms with Gasteiger partial charge in [0.1, 0.15) is 0 Å². The predicted octanol–water partition coefficient (Wildman–Crippen LogP) is 2.52. The minimum Gasteiger partial charge on any atom is -0.381 e. The monoisotopic (exact) mass is 392 g/mol. The highest BCUT2D eigenvalue weighted by molar-refractivity contribution is 4.99. The zero-order valence-electron chi connectivity index (χ0n) is 18.4. The van der Waals surface area contributed by atoms with Gasteiger partial charge in [0, 0.05) is 57.6 Å². The van der Waals surface area contributed by atoms with Crippen LogP contribution in [0.25, 0.3) is 0 Å². The minimum absolute atomic E-state index is 0.756. The van der Waals surface area contributed by atoms with E-state index in [-0.39, 0.29) is 0 Å². The van der Waals surface area contributed by atoms with Crippen molar-refractivity contribution in [3.8, 4) is 0 Å². The largest absolute Gasteiger partial charge is 0.381 e. The van der Waals surface area contributed by atoms with Crippen molar-refractivity contribution in [1.82, 2.24) is 20.4 Å². The molecular formula is C23H44N4O. The summed E-state index contributed by atoms with van der Waals surface area (Å²) in [6.45, 7) is 6.63. The highest BCUT2D eigenvalue weighted by Crippen LogP contribution is 2.43. The standard InChI is InChI=1S/C23H44N4O/c1-24-10-11-26(2)16-18-4-3-5-19(14-18)20-6-7-22-23(15-20)27(17-25-22)21-8-12-28-13-9-21/h18-25H,3-17H2,1-2H3. The Labute approximate surface area is 172 Å². The number of hydrogen-bond donors (Lipinski definition) is 2. The van der Waals surface area contributed by atoms with Crippen molar-refractivity contribution in [2.24, 2.45) is 17.8 Å². The lowest BCUT2D eigenvalue weighted by Crippen LogP contribution is -2.48. The third-order valence-electron chi connectivity index (χ3n) is 8.28. The summed E-state index contributed by atoms with van der Waals surface area (Å²) in [6.07, 6.45) is 12.7. The molecule has 0 aromatic carbocycles. The maximum Gasteiger partial charge on any atom is 0.0489 e. The first-order chi connectivity index (χ1) is 13.7. The molecule has 5 heteroatoms. The topological polar surface area (TPSA) is 39.8 Å². The Morgan fingerprint density at radius 1 is 1.04 bits per heavy atom. The Kier molecular flexibility index (Phi) is 7.67. The van der Waals surface area contributed by atoms with Gasteiger partial charge in [0.25, 0.3) is 0 Å². The van der Waals surface area contributed by atoms with Crippen LogP contribution in [0.2, 0.25) is 0 Å². The van der Waals surface area contributed by atoms with Gasteiger partial charge in [0.15, 0.2) is 0 Å². The lowest BCUT2D eigenvalue weighted by Gasteiger charge is -2.44. The van der Waals surface area contributed by atoms with Gasteiger partial charge in [-0.15, -0.1) is 0 Å². The van der Waals surface area contributed by atoms with Crippen LogP contribution in [-0.2, 0) is 4.74 Å². The summed E-state index contributed by atoms with van der Waals surface area (Å²) >= 11 is 0. The van der Waals surface area contributed by atoms with E-state index in [1.807, 2.05) is 0 Å². The van der Waals surface area contributed by atoms with Crippen LogP contribution in [0, 0.1) is 17.8 Å². The molecule has 2 saturated heterocycles. The van der Waals surface area contributed by atoms with Gasteiger partial charge in [-0.1, -0.05) is 12.8 Å². The molecule has 2 saturated carbocycles. The predicted molar refractivity (Wildman–Crippen MR) is 115 cm³/mol. The van der Waals surface area contributed by atoms with Crippen molar-refractivity contribution in [1.29, 1.82) is 0 Å². The number of rotatable bonds is 7. The van der Waals surface area contributed by atoms with Gasteiger partial charge >= 0.3 is 0 Å². The van der Waals surface area contributed by atoms with Gasteiger partial charge in [0.2, 0.25) is 0 Å². The molecule has 0 aromatic heterocycles. The summed E-state index contributed by atoms with van der Waals surface area (Å²) in [4.78, 5) is 5.39. The second-order valence-electron chi connectivity index (χ2n) is 10.1. The Morgan fingerprint density at radius 2 is 1.86 bits per heavy atom. The molecule has 5 nitrogen and oxygen atoms in total. The van der Waals surface area contributed by atoms with Crippen LogP contribution in [-0.4, -0.2) is 81.5 Å². The molecule has 0 bridgehead atoms. The van der Waals surface area contributed by atoms with Crippen LogP contribution in [0.1, 0.15) is 57.8 Å². The van der Waals surface area contributed by atoms with Crippen LogP contribution in [0.4, 0.5) is 0 Å². The summed E-state index contributed by atoms with van der Waals surface area (Å²) < 4.78 is 5.62. The molecule has 0 aromatic rings. The van der Waals surface area contributed by atoms with Crippen LogP contribution < -0.4 is 10.6 Å². The van der Waals surface area contributed by atoms with E-state index >= 15 is 0 Å². The Balaban J connectivity index is 1.30. The van der Waals surface area contributed by atoms with E-state index in [9.17, 15) is 0 Å². The van der Waals surface area contributed by atoms with Gasteiger partial charge in [-0.2, -0.15) is 0 Å². The number of hydrogen-bond acceptors (Lipinski definition) is 5. The van der Waals surface area contributed by atoms with Crippen molar-refractivity contribution in [3.05, 3.63) is 0 Å². The van der Waals surface area contributed by atoms with Crippen molar-refractivity contribution >= 4 is 0 Å². The number of nitrogens with zero attached hydrogens (tertiary/aromatic N) is 2. The van der Waals surface area contributed by atoms with Gasteiger partial charge < -0.3 is 15.0 Å². The average Bonchev–Trinajstić information content (AvgIpc) is 3.16. The number of nitrogens with one attached hydrogen (secondary N) is 2. The van der Waals surface area contributed by atoms with Gasteiger partial charge in [-0.05, 0) is 76.8 Å². The van der Waals surface area contributed by atoms with Crippen molar-refractivity contribution < 1.29 is 4.74 Å². The SMILES string of the molecule is CNCCN(C)CC1CCCC(C2CCC3NCN(C4CCOCC4)C3C2)C1. The normalized spacial score (nSPS) is 38.0. The van der Waals surface area contributed by atoms with Crippen molar-refractivity contribution in [2.45, 2.75) is 75.9 Å². The van der Waals surface area contributed by atoms with E-state index in [0.29, 0.717) is 0 Å². The minimum atomic E-state index is 0.756. The Morgan fingerprint density at radius 3 is 2.68 bits per heavy atom. The molecule has 5 atom stereocenters. The third-order valence-corrected chi connectivity index (χ3v) is 8.28. The molecule has 0 radical (unpaired) electrons. The summed E-state index contributed by atoms with van der Waals surface area (Å²) in [5.74, 6) is 2.87. The number of fused-ring (bicyclic) bond motifs is 1. The first-order valence-corrected chi connectivity index (χ1v) is 12.1. The smallest absolute Gasteiger partial charge is 0.0489 e. The molecule has 5 unspecified atom stereocenters. The van der Waals surface area contributed by atoms with Gasteiger partial charge in [0.05, 0.1) is 0 Å². The molecule has 4 fully saturated rings. The molecular weight excluding hydrogens is 348 g/mol. The van der Waals surface area contributed by atoms with Crippen LogP contribution in [0.3, 0.4) is 0 Å². The van der Waals surface area contributed by atoms with E-state index in [2.05, 4.69) is 34.5 Å². The second kappa shape index (κ2) is 10.2. The lowest BCUT2D eigenvalue weighted by atomic mass is 9.68. The quantitative estimate of drug-likeness (QED) is 0.697. The van der Waals surface area contributed by atoms with E-state index in [1.54, 1.807) is 0 Å². The van der Waals surface area contributed by atoms with E-state index in [0.717, 1.165) is 62.3 Å². The summed E-state index contributed by atoms with van der Waals surface area (Å²) in [6, 6.07) is 2.31. The van der Waals surface area contributed by atoms with Gasteiger partial charge in [-0.25, -0.2) is 0 Å². The highest BCUT2D eigenvalue weighted by Gasteiger charge is 2.43. The fourth-order valence-corrected chi connectivity index (χ4v) is 6.73. The number of likely N-dealkylation sites (N-methyl/N-ethyl adjacent to an activating group) is 2. The molecule has 0 spiro atoms. The summed E-state index contributed by atoms with van der Waals surface area (Å²) in [5, 5.41) is 7.15. The molecule has 2 heterocycles. The Bertz CT molecular complexity index is 470. The average molecular weight is 393 g/mol.